The summed E-state index contributed by atoms with van der Waals surface area (Å²) in [6, 6.07) is 9.24. The first-order chi connectivity index (χ1) is 13.0. The molecule has 0 aliphatic rings. The van der Waals surface area contributed by atoms with Crippen LogP contribution in [0.4, 0.5) is 5.69 Å². The van der Waals surface area contributed by atoms with Crippen LogP contribution in [0.1, 0.15) is 25.6 Å². The zero-order valence-electron chi connectivity index (χ0n) is 15.7. The second-order valence-electron chi connectivity index (χ2n) is 6.23. The molecule has 2 heterocycles. The second-order valence-corrected chi connectivity index (χ2v) is 7.17. The van der Waals surface area contributed by atoms with Crippen LogP contribution >= 0.6 is 11.8 Å². The molecule has 0 radical (unpaired) electrons. The Morgan fingerprint density at radius 2 is 2.00 bits per heavy atom. The van der Waals surface area contributed by atoms with E-state index in [4.69, 9.17) is 9.15 Å². The number of amides is 1. The van der Waals surface area contributed by atoms with Crippen LogP contribution in [0, 0.1) is 6.92 Å². The van der Waals surface area contributed by atoms with Crippen molar-refractivity contribution in [3.8, 4) is 17.1 Å². The highest BCUT2D eigenvalue weighted by Crippen LogP contribution is 2.30. The molecule has 0 aliphatic heterocycles. The van der Waals surface area contributed by atoms with Crippen LogP contribution in [0.25, 0.3) is 11.4 Å². The Hall–Kier alpha value is -2.74. The number of aromatic nitrogens is 3. The van der Waals surface area contributed by atoms with Crippen molar-refractivity contribution < 1.29 is 13.9 Å². The van der Waals surface area contributed by atoms with Crippen molar-refractivity contribution in [2.45, 2.75) is 32.0 Å². The highest BCUT2D eigenvalue weighted by molar-refractivity contribution is 7.99. The average Bonchev–Trinajstić information content (AvgIpc) is 3.26. The van der Waals surface area contributed by atoms with Crippen LogP contribution < -0.4 is 10.1 Å². The molecular formula is C19H22N4O3S. The molecule has 3 aromatic rings. The van der Waals surface area contributed by atoms with Crippen LogP contribution in [0.5, 0.6) is 5.75 Å². The molecule has 0 fully saturated rings. The number of nitrogens with zero attached hydrogens (tertiary/aromatic N) is 3. The molecule has 0 atom stereocenters. The van der Waals surface area contributed by atoms with E-state index in [0.29, 0.717) is 5.16 Å². The Balaban J connectivity index is 1.69. The van der Waals surface area contributed by atoms with Crippen LogP contribution in [0.3, 0.4) is 0 Å². The van der Waals surface area contributed by atoms with Gasteiger partial charge in [-0.2, -0.15) is 0 Å². The third-order valence-corrected chi connectivity index (χ3v) is 4.93. The lowest BCUT2D eigenvalue weighted by molar-refractivity contribution is -0.113. The number of nitrogens with one attached hydrogen (secondary N) is 1. The molecule has 3 rings (SSSR count). The van der Waals surface area contributed by atoms with Crippen molar-refractivity contribution >= 4 is 23.4 Å². The van der Waals surface area contributed by atoms with Gasteiger partial charge in [0.15, 0.2) is 11.0 Å². The van der Waals surface area contributed by atoms with Gasteiger partial charge in [0.1, 0.15) is 11.5 Å². The molecule has 0 aliphatic carbocycles. The number of hydrogen-bond donors (Lipinski definition) is 1. The Bertz CT molecular complexity index is 915. The third-order valence-electron chi connectivity index (χ3n) is 3.99. The third kappa shape index (κ3) is 4.33. The number of benzene rings is 1. The van der Waals surface area contributed by atoms with Gasteiger partial charge in [0.25, 0.3) is 0 Å². The number of carbonyl (C=O) groups excluding carboxylic acids is 1. The summed E-state index contributed by atoms with van der Waals surface area (Å²) in [6.45, 7) is 6.01. The molecule has 0 spiro atoms. The number of anilines is 1. The SMILES string of the molecule is COc1ccc(NC(=O)CSc2nnc(-c3ccoc3C)n2C(C)C)cc1. The van der Waals surface area contributed by atoms with Crippen molar-refractivity contribution in [1.82, 2.24) is 14.8 Å². The number of carbonyl (C=O) groups is 1. The number of methoxy groups -OCH3 is 1. The van der Waals surface area contributed by atoms with Gasteiger partial charge in [0, 0.05) is 11.7 Å². The second kappa shape index (κ2) is 8.30. The van der Waals surface area contributed by atoms with Gasteiger partial charge < -0.3 is 14.5 Å². The summed E-state index contributed by atoms with van der Waals surface area (Å²) in [5.74, 6) is 2.41. The van der Waals surface area contributed by atoms with Gasteiger partial charge in [-0.25, -0.2) is 0 Å². The summed E-state index contributed by atoms with van der Waals surface area (Å²) in [4.78, 5) is 12.3. The maximum Gasteiger partial charge on any atom is 0.234 e. The Labute approximate surface area is 162 Å². The number of thioether (sulfide) groups is 1. The van der Waals surface area contributed by atoms with E-state index in [-0.39, 0.29) is 17.7 Å². The van der Waals surface area contributed by atoms with Crippen molar-refractivity contribution in [3.63, 3.8) is 0 Å². The average molecular weight is 386 g/mol. The lowest BCUT2D eigenvalue weighted by Gasteiger charge is -2.13. The lowest BCUT2D eigenvalue weighted by Crippen LogP contribution is -2.15. The molecular weight excluding hydrogens is 364 g/mol. The number of rotatable bonds is 7. The molecule has 0 bridgehead atoms. The molecule has 7 nitrogen and oxygen atoms in total. The standard InChI is InChI=1S/C19H22N4O3S/c1-12(2)23-18(16-9-10-26-13(16)3)21-22-19(23)27-11-17(24)20-14-5-7-15(25-4)8-6-14/h5-10,12H,11H2,1-4H3,(H,20,24). The molecule has 0 saturated heterocycles. The maximum atomic E-state index is 12.3. The minimum Gasteiger partial charge on any atom is -0.497 e. The van der Waals surface area contributed by atoms with E-state index >= 15 is 0 Å². The first-order valence-electron chi connectivity index (χ1n) is 8.55. The number of aryl methyl sites for hydroxylation is 1. The van der Waals surface area contributed by atoms with E-state index in [1.54, 1.807) is 37.6 Å². The zero-order chi connectivity index (χ0) is 19.4. The van der Waals surface area contributed by atoms with Gasteiger partial charge in [0.2, 0.25) is 5.91 Å². The van der Waals surface area contributed by atoms with Crippen molar-refractivity contribution in [3.05, 3.63) is 42.4 Å². The molecule has 1 N–H and O–H groups in total. The van der Waals surface area contributed by atoms with Crippen LogP contribution in [-0.2, 0) is 4.79 Å². The highest BCUT2D eigenvalue weighted by Gasteiger charge is 2.20. The predicted octanol–water partition coefficient (Wildman–Crippen LogP) is 4.17. The minimum absolute atomic E-state index is 0.107. The number of hydrogen-bond acceptors (Lipinski definition) is 6. The monoisotopic (exact) mass is 386 g/mol. The summed E-state index contributed by atoms with van der Waals surface area (Å²) in [6.07, 6.45) is 1.64. The van der Waals surface area contributed by atoms with Crippen molar-refractivity contribution in [1.29, 1.82) is 0 Å². The molecule has 2 aromatic heterocycles. The molecule has 27 heavy (non-hydrogen) atoms. The Kier molecular flexibility index (Phi) is 5.85. The van der Waals surface area contributed by atoms with E-state index in [1.807, 2.05) is 17.6 Å². The first-order valence-corrected chi connectivity index (χ1v) is 9.54. The topological polar surface area (TPSA) is 82.2 Å². The largest absolute Gasteiger partial charge is 0.497 e. The van der Waals surface area contributed by atoms with Gasteiger partial charge >= 0.3 is 0 Å². The summed E-state index contributed by atoms with van der Waals surface area (Å²) >= 11 is 1.36. The van der Waals surface area contributed by atoms with E-state index in [9.17, 15) is 4.79 Å². The molecule has 0 saturated carbocycles. The summed E-state index contributed by atoms with van der Waals surface area (Å²) in [7, 11) is 1.61. The Morgan fingerprint density at radius 3 is 2.59 bits per heavy atom. The van der Waals surface area contributed by atoms with Gasteiger partial charge in [-0.3, -0.25) is 9.36 Å². The van der Waals surface area contributed by atoms with Gasteiger partial charge in [-0.15, -0.1) is 10.2 Å². The van der Waals surface area contributed by atoms with Crippen molar-refractivity contribution in [2.75, 3.05) is 18.2 Å². The Morgan fingerprint density at radius 1 is 1.26 bits per heavy atom. The molecule has 142 valence electrons. The minimum atomic E-state index is -0.107. The van der Waals surface area contributed by atoms with Crippen molar-refractivity contribution in [2.24, 2.45) is 0 Å². The van der Waals surface area contributed by atoms with Crippen LogP contribution in [0.2, 0.25) is 0 Å². The number of furan rings is 1. The molecule has 0 unspecified atom stereocenters. The quantitative estimate of drug-likeness (QED) is 0.614. The summed E-state index contributed by atoms with van der Waals surface area (Å²) in [5, 5.41) is 12.1. The molecule has 8 heteroatoms. The van der Waals surface area contributed by atoms with Crippen LogP contribution in [-0.4, -0.2) is 33.5 Å². The van der Waals surface area contributed by atoms with Crippen LogP contribution in [0.15, 0.2) is 46.2 Å². The molecule has 1 amide bonds. The normalized spacial score (nSPS) is 11.0. The molecule has 1 aromatic carbocycles. The maximum absolute atomic E-state index is 12.3. The highest BCUT2D eigenvalue weighted by atomic mass is 32.2. The van der Waals surface area contributed by atoms with E-state index in [0.717, 1.165) is 28.6 Å². The summed E-state index contributed by atoms with van der Waals surface area (Å²) < 4.78 is 12.5. The van der Waals surface area contributed by atoms with E-state index in [2.05, 4.69) is 29.4 Å². The fraction of sp³-hybridized carbons (Fsp3) is 0.316. The van der Waals surface area contributed by atoms with Gasteiger partial charge in [-0.05, 0) is 51.1 Å². The smallest absolute Gasteiger partial charge is 0.234 e. The fourth-order valence-electron chi connectivity index (χ4n) is 2.64. The lowest BCUT2D eigenvalue weighted by atomic mass is 10.2. The zero-order valence-corrected chi connectivity index (χ0v) is 16.5. The van der Waals surface area contributed by atoms with E-state index in [1.165, 1.54) is 11.8 Å². The summed E-state index contributed by atoms with van der Waals surface area (Å²) in [5.41, 5.74) is 1.63. The fourth-order valence-corrected chi connectivity index (χ4v) is 3.51. The van der Waals surface area contributed by atoms with Gasteiger partial charge in [0.05, 0.1) is 24.7 Å². The van der Waals surface area contributed by atoms with Gasteiger partial charge in [-0.1, -0.05) is 11.8 Å². The first kappa shape index (κ1) is 19.0. The number of ether oxygens (including phenoxy) is 1. The predicted molar refractivity (Wildman–Crippen MR) is 105 cm³/mol. The van der Waals surface area contributed by atoms with E-state index < -0.39 is 0 Å².